The maximum absolute atomic E-state index is 11.7. The summed E-state index contributed by atoms with van der Waals surface area (Å²) in [5.74, 6) is 0.0515. The second-order valence-electron chi connectivity index (χ2n) is 4.56. The van der Waals surface area contributed by atoms with Gasteiger partial charge in [0.15, 0.2) is 0 Å². The van der Waals surface area contributed by atoms with Crippen molar-refractivity contribution in [2.75, 3.05) is 6.54 Å². The fourth-order valence-electron chi connectivity index (χ4n) is 1.79. The molecular weight excluding hydrogens is 283 g/mol. The van der Waals surface area contributed by atoms with Crippen LogP contribution in [0, 0.1) is 0 Å². The standard InChI is InChI=1S/C14H20Cl2N2O/c1-10(11-6-7-12(15)13(16)9-11)18-14(19)5-3-2-4-8-17/h6-7,9-10H,2-5,8,17H2,1H3,(H,18,19). The number of carbonyl (C=O) groups excluding carboxylic acids is 1. The zero-order valence-corrected chi connectivity index (χ0v) is 12.6. The van der Waals surface area contributed by atoms with E-state index >= 15 is 0 Å². The van der Waals surface area contributed by atoms with Crippen molar-refractivity contribution >= 4 is 29.1 Å². The number of carbonyl (C=O) groups is 1. The van der Waals surface area contributed by atoms with Gasteiger partial charge in [-0.3, -0.25) is 4.79 Å². The molecule has 0 aliphatic rings. The van der Waals surface area contributed by atoms with Gasteiger partial charge in [-0.15, -0.1) is 0 Å². The van der Waals surface area contributed by atoms with Crippen LogP contribution in [0.4, 0.5) is 0 Å². The lowest BCUT2D eigenvalue weighted by Crippen LogP contribution is -2.26. The summed E-state index contributed by atoms with van der Waals surface area (Å²) >= 11 is 11.8. The molecule has 1 amide bonds. The predicted octanol–water partition coefficient (Wildman–Crippen LogP) is 3.69. The fraction of sp³-hybridized carbons (Fsp3) is 0.500. The lowest BCUT2D eigenvalue weighted by Gasteiger charge is -2.15. The highest BCUT2D eigenvalue weighted by molar-refractivity contribution is 6.42. The van der Waals surface area contributed by atoms with E-state index in [1.807, 2.05) is 13.0 Å². The number of nitrogens with one attached hydrogen (secondary N) is 1. The van der Waals surface area contributed by atoms with E-state index in [4.69, 9.17) is 28.9 Å². The van der Waals surface area contributed by atoms with Gasteiger partial charge in [-0.05, 0) is 44.0 Å². The molecule has 3 N–H and O–H groups in total. The molecule has 0 aromatic heterocycles. The third-order valence-electron chi connectivity index (χ3n) is 2.93. The Hall–Kier alpha value is -0.770. The van der Waals surface area contributed by atoms with Crippen molar-refractivity contribution in [2.45, 2.75) is 38.6 Å². The van der Waals surface area contributed by atoms with Crippen LogP contribution >= 0.6 is 23.2 Å². The van der Waals surface area contributed by atoms with Crippen LogP contribution in [0.15, 0.2) is 18.2 Å². The van der Waals surface area contributed by atoms with Crippen molar-refractivity contribution in [2.24, 2.45) is 5.73 Å². The molecule has 0 fully saturated rings. The van der Waals surface area contributed by atoms with E-state index in [2.05, 4.69) is 5.32 Å². The van der Waals surface area contributed by atoms with Gasteiger partial charge in [-0.2, -0.15) is 0 Å². The number of rotatable bonds is 7. The van der Waals surface area contributed by atoms with Crippen molar-refractivity contribution < 1.29 is 4.79 Å². The smallest absolute Gasteiger partial charge is 0.220 e. The maximum Gasteiger partial charge on any atom is 0.220 e. The Balaban J connectivity index is 2.43. The van der Waals surface area contributed by atoms with E-state index in [-0.39, 0.29) is 11.9 Å². The Bertz CT molecular complexity index is 424. The van der Waals surface area contributed by atoms with Crippen LogP contribution < -0.4 is 11.1 Å². The van der Waals surface area contributed by atoms with Crippen molar-refractivity contribution in [1.82, 2.24) is 5.32 Å². The van der Waals surface area contributed by atoms with Crippen molar-refractivity contribution in [3.8, 4) is 0 Å². The van der Waals surface area contributed by atoms with E-state index in [1.165, 1.54) is 0 Å². The third kappa shape index (κ3) is 5.81. The first-order chi connectivity index (χ1) is 9.04. The highest BCUT2D eigenvalue weighted by Gasteiger charge is 2.10. The molecule has 106 valence electrons. The summed E-state index contributed by atoms with van der Waals surface area (Å²) in [4.78, 5) is 11.7. The van der Waals surface area contributed by atoms with E-state index in [0.717, 1.165) is 24.8 Å². The number of unbranched alkanes of at least 4 members (excludes halogenated alkanes) is 2. The molecule has 1 rings (SSSR count). The molecule has 1 aromatic carbocycles. The number of amides is 1. The van der Waals surface area contributed by atoms with E-state index < -0.39 is 0 Å². The van der Waals surface area contributed by atoms with Crippen molar-refractivity contribution in [3.63, 3.8) is 0 Å². The van der Waals surface area contributed by atoms with Gasteiger partial charge in [0.25, 0.3) is 0 Å². The number of hydrogen-bond acceptors (Lipinski definition) is 2. The number of halogens is 2. The average molecular weight is 303 g/mol. The molecule has 0 saturated carbocycles. The minimum absolute atomic E-state index is 0.0515. The molecule has 0 saturated heterocycles. The summed E-state index contributed by atoms with van der Waals surface area (Å²) in [6.07, 6.45) is 3.36. The van der Waals surface area contributed by atoms with Crippen LogP contribution in [0.2, 0.25) is 10.0 Å². The summed E-state index contributed by atoms with van der Waals surface area (Å²) < 4.78 is 0. The largest absolute Gasteiger partial charge is 0.350 e. The van der Waals surface area contributed by atoms with Gasteiger partial charge in [-0.1, -0.05) is 35.7 Å². The Morgan fingerprint density at radius 2 is 2.00 bits per heavy atom. The van der Waals surface area contributed by atoms with Gasteiger partial charge >= 0.3 is 0 Å². The van der Waals surface area contributed by atoms with Crippen LogP contribution in [-0.2, 0) is 4.79 Å². The van der Waals surface area contributed by atoms with Crippen LogP contribution in [0.5, 0.6) is 0 Å². The molecule has 5 heteroatoms. The molecule has 19 heavy (non-hydrogen) atoms. The summed E-state index contributed by atoms with van der Waals surface area (Å²) in [5, 5.41) is 3.97. The Kier molecular flexibility index (Phi) is 7.21. The van der Waals surface area contributed by atoms with Gasteiger partial charge < -0.3 is 11.1 Å². The van der Waals surface area contributed by atoms with Crippen molar-refractivity contribution in [1.29, 1.82) is 0 Å². The molecule has 1 atom stereocenters. The number of hydrogen-bond donors (Lipinski definition) is 2. The third-order valence-corrected chi connectivity index (χ3v) is 3.67. The Morgan fingerprint density at radius 3 is 2.63 bits per heavy atom. The molecule has 0 aliphatic carbocycles. The van der Waals surface area contributed by atoms with Crippen molar-refractivity contribution in [3.05, 3.63) is 33.8 Å². The summed E-state index contributed by atoms with van der Waals surface area (Å²) in [6, 6.07) is 5.32. The molecule has 0 heterocycles. The van der Waals surface area contributed by atoms with E-state index in [1.54, 1.807) is 12.1 Å². The van der Waals surface area contributed by atoms with Gasteiger partial charge in [0.1, 0.15) is 0 Å². The lowest BCUT2D eigenvalue weighted by molar-refractivity contribution is -0.121. The van der Waals surface area contributed by atoms with Crippen LogP contribution in [0.25, 0.3) is 0 Å². The van der Waals surface area contributed by atoms with Gasteiger partial charge in [0.05, 0.1) is 16.1 Å². The number of nitrogens with two attached hydrogens (primary N) is 1. The summed E-state index contributed by atoms with van der Waals surface area (Å²) in [7, 11) is 0. The monoisotopic (exact) mass is 302 g/mol. The Morgan fingerprint density at radius 1 is 1.26 bits per heavy atom. The minimum Gasteiger partial charge on any atom is -0.350 e. The number of benzene rings is 1. The molecule has 0 spiro atoms. The van der Waals surface area contributed by atoms with Gasteiger partial charge in [-0.25, -0.2) is 0 Å². The summed E-state index contributed by atoms with van der Waals surface area (Å²) in [6.45, 7) is 2.61. The minimum atomic E-state index is -0.0724. The SMILES string of the molecule is CC(NC(=O)CCCCCN)c1ccc(Cl)c(Cl)c1. The second-order valence-corrected chi connectivity index (χ2v) is 5.38. The zero-order chi connectivity index (χ0) is 14.3. The molecular formula is C14H20Cl2N2O. The first-order valence-electron chi connectivity index (χ1n) is 6.49. The Labute approximate surface area is 124 Å². The van der Waals surface area contributed by atoms with Crippen LogP contribution in [0.3, 0.4) is 0 Å². The molecule has 1 aromatic rings. The van der Waals surface area contributed by atoms with E-state index in [0.29, 0.717) is 23.0 Å². The molecule has 3 nitrogen and oxygen atoms in total. The zero-order valence-electron chi connectivity index (χ0n) is 11.1. The van der Waals surface area contributed by atoms with Gasteiger partial charge in [0.2, 0.25) is 5.91 Å². The first kappa shape index (κ1) is 16.3. The quantitative estimate of drug-likeness (QED) is 0.755. The molecule has 0 aliphatic heterocycles. The van der Waals surface area contributed by atoms with E-state index in [9.17, 15) is 4.79 Å². The maximum atomic E-state index is 11.7. The molecule has 1 unspecified atom stereocenters. The summed E-state index contributed by atoms with van der Waals surface area (Å²) in [5.41, 5.74) is 6.35. The molecule has 0 bridgehead atoms. The highest BCUT2D eigenvalue weighted by atomic mass is 35.5. The predicted molar refractivity (Wildman–Crippen MR) is 80.5 cm³/mol. The normalized spacial score (nSPS) is 12.2. The van der Waals surface area contributed by atoms with Gasteiger partial charge in [0, 0.05) is 6.42 Å². The highest BCUT2D eigenvalue weighted by Crippen LogP contribution is 2.25. The second kappa shape index (κ2) is 8.41. The lowest BCUT2D eigenvalue weighted by atomic mass is 10.1. The first-order valence-corrected chi connectivity index (χ1v) is 7.24. The average Bonchev–Trinajstić information content (AvgIpc) is 2.38. The van der Waals surface area contributed by atoms with Crippen LogP contribution in [0.1, 0.15) is 44.2 Å². The fourth-order valence-corrected chi connectivity index (χ4v) is 2.09. The topological polar surface area (TPSA) is 55.1 Å². The molecule has 0 radical (unpaired) electrons. The van der Waals surface area contributed by atoms with Crippen LogP contribution in [-0.4, -0.2) is 12.5 Å².